The first-order valence-electron chi connectivity index (χ1n) is 8.99. The third kappa shape index (κ3) is 7.89. The van der Waals surface area contributed by atoms with Gasteiger partial charge in [0.05, 0.1) is 6.61 Å². The largest absolute Gasteiger partial charge is 0.409 e. The molecule has 0 aliphatic carbocycles. The van der Waals surface area contributed by atoms with Gasteiger partial charge in [0.15, 0.2) is 31.2 Å². The van der Waals surface area contributed by atoms with Crippen molar-refractivity contribution in [3.8, 4) is 0 Å². The molecule has 1 heterocycles. The van der Waals surface area contributed by atoms with Crippen LogP contribution in [0.4, 0.5) is 0 Å². The number of aliphatic hydroxyl groups excluding tert-OH is 1. The molecular weight excluding hydrogens is 372 g/mol. The topological polar surface area (TPSA) is 66.4 Å². The third-order valence-electron chi connectivity index (χ3n) is 3.47. The Kier molecular flexibility index (Phi) is 8.08. The van der Waals surface area contributed by atoms with Gasteiger partial charge in [-0.3, -0.25) is 0 Å². The van der Waals surface area contributed by atoms with Crippen LogP contribution in [0.2, 0.25) is 58.9 Å². The predicted molar refractivity (Wildman–Crippen MR) is 107 cm³/mol. The number of rotatable bonds is 8. The second kappa shape index (κ2) is 8.61. The Morgan fingerprint density at radius 1 is 0.720 bits per heavy atom. The molecule has 1 aliphatic rings. The monoisotopic (exact) mass is 410 g/mol. The van der Waals surface area contributed by atoms with Gasteiger partial charge in [-0.2, -0.15) is 0 Å². The number of hydrogen-bond acceptors (Lipinski definition) is 6. The molecule has 25 heavy (non-hydrogen) atoms. The van der Waals surface area contributed by atoms with Crippen molar-refractivity contribution in [1.82, 2.24) is 0 Å². The molecule has 5 atom stereocenters. The Morgan fingerprint density at radius 2 is 1.12 bits per heavy atom. The lowest BCUT2D eigenvalue weighted by Gasteiger charge is -2.50. The Morgan fingerprint density at radius 3 is 1.48 bits per heavy atom. The van der Waals surface area contributed by atoms with Crippen molar-refractivity contribution < 1.29 is 27.9 Å². The Bertz CT molecular complexity index is 386. The fraction of sp³-hybridized carbons (Fsp3) is 1.00. The zero-order valence-electron chi connectivity index (χ0n) is 17.6. The first-order chi connectivity index (χ1) is 11.2. The van der Waals surface area contributed by atoms with Gasteiger partial charge in [-0.25, -0.2) is 0 Å². The summed E-state index contributed by atoms with van der Waals surface area (Å²) in [5.41, 5.74) is 0. The van der Waals surface area contributed by atoms with Crippen molar-refractivity contribution in [3.05, 3.63) is 0 Å². The molecule has 0 unspecified atom stereocenters. The number of hydrogen-bond donors (Lipinski definition) is 1. The van der Waals surface area contributed by atoms with Gasteiger partial charge in [-0.1, -0.05) is 0 Å². The summed E-state index contributed by atoms with van der Waals surface area (Å²) in [7, 11) is -4.04. The van der Waals surface area contributed by atoms with Crippen LogP contribution in [0.1, 0.15) is 0 Å². The van der Waals surface area contributed by atoms with Crippen molar-refractivity contribution in [2.24, 2.45) is 0 Å². The van der Waals surface area contributed by atoms with Gasteiger partial charge in [0, 0.05) is 7.11 Å². The van der Waals surface area contributed by atoms with Gasteiger partial charge in [0.25, 0.3) is 0 Å². The van der Waals surface area contributed by atoms with Gasteiger partial charge < -0.3 is 27.9 Å². The van der Waals surface area contributed by atoms with Gasteiger partial charge >= 0.3 is 0 Å². The van der Waals surface area contributed by atoms with Crippen molar-refractivity contribution in [2.45, 2.75) is 89.6 Å². The molecular formula is C16H38O6Si3. The first-order valence-corrected chi connectivity index (χ1v) is 19.2. The summed E-state index contributed by atoms with van der Waals surface area (Å²) in [6.07, 6.45) is -2.11. The van der Waals surface area contributed by atoms with Crippen molar-refractivity contribution in [1.29, 1.82) is 0 Å². The third-order valence-corrected chi connectivity index (χ3v) is 6.41. The van der Waals surface area contributed by atoms with Gasteiger partial charge in [-0.15, -0.1) is 0 Å². The SMILES string of the molecule is CO[C@@H]1O[C@H](CO)[C@@H](O[Si](C)(C)C)[C@H](O[Si](C)(C)C)[C@H]1O[Si](C)(C)C. The smallest absolute Gasteiger partial charge is 0.185 e. The molecule has 9 heteroatoms. The second-order valence-electron chi connectivity index (χ2n) is 9.55. The molecule has 1 N–H and O–H groups in total. The van der Waals surface area contributed by atoms with E-state index in [-0.39, 0.29) is 24.9 Å². The number of methoxy groups -OCH3 is 1. The lowest BCUT2D eigenvalue weighted by Crippen LogP contribution is -2.66. The zero-order chi connectivity index (χ0) is 19.6. The van der Waals surface area contributed by atoms with Crippen LogP contribution in [-0.2, 0) is 22.8 Å². The predicted octanol–water partition coefficient (Wildman–Crippen LogP) is 3.01. The van der Waals surface area contributed by atoms with E-state index in [2.05, 4.69) is 58.9 Å². The second-order valence-corrected chi connectivity index (χ2v) is 22.9. The summed E-state index contributed by atoms with van der Waals surface area (Å²) in [6, 6.07) is 0. The van der Waals surface area contributed by atoms with E-state index >= 15 is 0 Å². The maximum absolute atomic E-state index is 9.89. The van der Waals surface area contributed by atoms with Crippen LogP contribution in [0.3, 0.4) is 0 Å². The van der Waals surface area contributed by atoms with Crippen molar-refractivity contribution in [2.75, 3.05) is 13.7 Å². The van der Waals surface area contributed by atoms with E-state index in [9.17, 15) is 5.11 Å². The fourth-order valence-electron chi connectivity index (χ4n) is 2.84. The average molecular weight is 411 g/mol. The first kappa shape index (κ1) is 23.5. The minimum absolute atomic E-state index is 0.139. The zero-order valence-corrected chi connectivity index (χ0v) is 20.6. The quantitative estimate of drug-likeness (QED) is 0.621. The molecule has 1 saturated heterocycles. The Labute approximate surface area is 156 Å². The molecule has 1 aliphatic heterocycles. The average Bonchev–Trinajstić information content (AvgIpc) is 2.38. The highest BCUT2D eigenvalue weighted by Crippen LogP contribution is 2.33. The molecule has 0 saturated carbocycles. The molecule has 0 spiro atoms. The van der Waals surface area contributed by atoms with Crippen LogP contribution < -0.4 is 0 Å². The van der Waals surface area contributed by atoms with Gasteiger partial charge in [0.2, 0.25) is 0 Å². The van der Waals surface area contributed by atoms with Crippen LogP contribution in [-0.4, -0.2) is 74.5 Å². The summed E-state index contributed by atoms with van der Waals surface area (Å²) in [5, 5.41) is 9.89. The van der Waals surface area contributed by atoms with Crippen molar-refractivity contribution >= 4 is 25.0 Å². The summed E-state index contributed by atoms with van der Waals surface area (Å²) >= 11 is 0. The summed E-state index contributed by atoms with van der Waals surface area (Å²) in [6.45, 7) is 19.1. The van der Waals surface area contributed by atoms with E-state index < -0.39 is 37.3 Å². The van der Waals surface area contributed by atoms with E-state index in [4.69, 9.17) is 22.8 Å². The van der Waals surface area contributed by atoms with E-state index in [1.165, 1.54) is 0 Å². The molecule has 1 rings (SSSR count). The molecule has 0 radical (unpaired) electrons. The lowest BCUT2D eigenvalue weighted by atomic mass is 9.99. The molecule has 150 valence electrons. The molecule has 1 fully saturated rings. The standard InChI is InChI=1S/C16H38O6Si3/c1-18-16-15(22-25(8,9)10)14(21-24(5,6)7)13(12(11-17)19-16)20-23(2,3)4/h12-17H,11H2,1-10H3/t12-,13-,14+,15-,16-/m1/s1. The van der Waals surface area contributed by atoms with E-state index in [1.807, 2.05) is 0 Å². The minimum Gasteiger partial charge on any atom is -0.409 e. The van der Waals surface area contributed by atoms with E-state index in [1.54, 1.807) is 7.11 Å². The van der Waals surface area contributed by atoms with E-state index in [0.29, 0.717) is 0 Å². The number of aliphatic hydroxyl groups is 1. The van der Waals surface area contributed by atoms with Crippen LogP contribution in [0.15, 0.2) is 0 Å². The van der Waals surface area contributed by atoms with Crippen LogP contribution >= 0.6 is 0 Å². The molecule has 0 aromatic heterocycles. The molecule has 0 aromatic carbocycles. The highest BCUT2D eigenvalue weighted by molar-refractivity contribution is 6.70. The van der Waals surface area contributed by atoms with Crippen LogP contribution in [0, 0.1) is 0 Å². The highest BCUT2D eigenvalue weighted by atomic mass is 28.4. The number of ether oxygens (including phenoxy) is 2. The van der Waals surface area contributed by atoms with Gasteiger partial charge in [-0.05, 0) is 58.9 Å². The van der Waals surface area contributed by atoms with Crippen molar-refractivity contribution in [3.63, 3.8) is 0 Å². The van der Waals surface area contributed by atoms with E-state index in [0.717, 1.165) is 0 Å². The molecule has 0 bridgehead atoms. The van der Waals surface area contributed by atoms with Crippen LogP contribution in [0.5, 0.6) is 0 Å². The summed E-state index contributed by atoms with van der Waals surface area (Å²) in [4.78, 5) is 0. The summed E-state index contributed by atoms with van der Waals surface area (Å²) < 4.78 is 30.9. The molecule has 0 aromatic rings. The molecule has 6 nitrogen and oxygen atoms in total. The summed E-state index contributed by atoms with van der Waals surface area (Å²) in [5.74, 6) is 0. The lowest BCUT2D eigenvalue weighted by molar-refractivity contribution is -0.284. The van der Waals surface area contributed by atoms with Gasteiger partial charge in [0.1, 0.15) is 24.4 Å². The fourth-order valence-corrected chi connectivity index (χ4v) is 6.09. The Hall–Kier alpha value is 0.411. The highest BCUT2D eigenvalue weighted by Gasteiger charge is 2.51. The maximum Gasteiger partial charge on any atom is 0.185 e. The molecule has 0 amide bonds. The minimum atomic E-state index is -1.89. The van der Waals surface area contributed by atoms with Crippen LogP contribution in [0.25, 0.3) is 0 Å². The maximum atomic E-state index is 9.89. The normalized spacial score (nSPS) is 32.0. The Balaban J connectivity index is 3.27.